The molecule has 1 aliphatic heterocycles. The van der Waals surface area contributed by atoms with Crippen LogP contribution in [-0.4, -0.2) is 16.3 Å². The summed E-state index contributed by atoms with van der Waals surface area (Å²) in [5.41, 5.74) is 2.24. The van der Waals surface area contributed by atoms with Crippen LogP contribution in [0.3, 0.4) is 0 Å². The minimum Gasteiger partial charge on any atom is -0.329 e. The number of benzene rings is 1. The second-order valence-electron chi connectivity index (χ2n) is 6.25. The van der Waals surface area contributed by atoms with Crippen molar-refractivity contribution in [2.75, 3.05) is 0 Å². The largest absolute Gasteiger partial charge is 0.329 e. The van der Waals surface area contributed by atoms with Crippen LogP contribution in [0.15, 0.2) is 42.0 Å². The Morgan fingerprint density at radius 3 is 2.50 bits per heavy atom. The van der Waals surface area contributed by atoms with E-state index in [0.29, 0.717) is 0 Å². The van der Waals surface area contributed by atoms with Crippen LogP contribution < -0.4 is 0 Å². The third-order valence-corrected chi connectivity index (χ3v) is 4.91. The van der Waals surface area contributed by atoms with Gasteiger partial charge in [0.1, 0.15) is 0 Å². The first kappa shape index (κ1) is 13.4. The summed E-state index contributed by atoms with van der Waals surface area (Å²) in [4.78, 5) is 14.8. The number of hydrogen-bond donors (Lipinski definition) is 0. The molecule has 1 aromatic rings. The maximum Gasteiger partial charge on any atom is 0.249 e. The molecule has 1 aliphatic carbocycles. The summed E-state index contributed by atoms with van der Waals surface area (Å²) >= 11 is 0. The van der Waals surface area contributed by atoms with Crippen molar-refractivity contribution in [2.24, 2.45) is 0 Å². The Hall–Kier alpha value is -1.57. The first-order chi connectivity index (χ1) is 9.71. The van der Waals surface area contributed by atoms with Crippen LogP contribution in [-0.2, 0) is 11.3 Å². The lowest BCUT2D eigenvalue weighted by Crippen LogP contribution is -2.54. The van der Waals surface area contributed by atoms with Crippen LogP contribution in [0.2, 0.25) is 0 Å². The van der Waals surface area contributed by atoms with Crippen LogP contribution in [0, 0.1) is 0 Å². The van der Waals surface area contributed by atoms with Crippen molar-refractivity contribution < 1.29 is 4.79 Å². The molecule has 1 amide bonds. The molecule has 1 aromatic carbocycles. The number of rotatable bonds is 2. The zero-order chi connectivity index (χ0) is 14.0. The van der Waals surface area contributed by atoms with Crippen molar-refractivity contribution in [3.63, 3.8) is 0 Å². The number of carbonyl (C=O) groups is 1. The zero-order valence-corrected chi connectivity index (χ0v) is 12.3. The topological polar surface area (TPSA) is 20.3 Å². The van der Waals surface area contributed by atoms with Gasteiger partial charge in [0, 0.05) is 17.7 Å². The maximum atomic E-state index is 12.7. The summed E-state index contributed by atoms with van der Waals surface area (Å²) in [6.07, 6.45) is 9.35. The van der Waals surface area contributed by atoms with Gasteiger partial charge in [-0.2, -0.15) is 0 Å². The van der Waals surface area contributed by atoms with Crippen LogP contribution >= 0.6 is 0 Å². The lowest BCUT2D eigenvalue weighted by atomic mass is 9.75. The van der Waals surface area contributed by atoms with Gasteiger partial charge in [0.05, 0.1) is 0 Å². The average Bonchev–Trinajstić information content (AvgIpc) is 2.50. The summed E-state index contributed by atoms with van der Waals surface area (Å²) in [5.74, 6) is 0.238. The monoisotopic (exact) mass is 269 g/mol. The van der Waals surface area contributed by atoms with Gasteiger partial charge in [-0.25, -0.2) is 0 Å². The highest BCUT2D eigenvalue weighted by atomic mass is 16.2. The SMILES string of the molecule is CC1=CCC2(CCCCC2)N(Cc2ccccc2)C1=O. The molecule has 1 heterocycles. The molecule has 0 N–H and O–H groups in total. The molecule has 3 rings (SSSR count). The van der Waals surface area contributed by atoms with E-state index in [1.165, 1.54) is 24.8 Å². The summed E-state index contributed by atoms with van der Waals surface area (Å²) in [6, 6.07) is 10.4. The molecule has 20 heavy (non-hydrogen) atoms. The number of carbonyl (C=O) groups excluding carboxylic acids is 1. The second kappa shape index (κ2) is 5.43. The fourth-order valence-corrected chi connectivity index (χ4v) is 3.66. The van der Waals surface area contributed by atoms with Gasteiger partial charge >= 0.3 is 0 Å². The van der Waals surface area contributed by atoms with Gasteiger partial charge in [-0.05, 0) is 31.7 Å². The molecule has 1 spiro atoms. The first-order valence-corrected chi connectivity index (χ1v) is 7.74. The molecule has 0 unspecified atom stereocenters. The third-order valence-electron chi connectivity index (χ3n) is 4.91. The van der Waals surface area contributed by atoms with E-state index in [-0.39, 0.29) is 11.4 Å². The molecule has 1 saturated carbocycles. The smallest absolute Gasteiger partial charge is 0.249 e. The van der Waals surface area contributed by atoms with E-state index in [1.54, 1.807) is 0 Å². The molecular weight excluding hydrogens is 246 g/mol. The number of nitrogens with zero attached hydrogens (tertiary/aromatic N) is 1. The average molecular weight is 269 g/mol. The molecule has 0 atom stereocenters. The Balaban J connectivity index is 1.90. The molecule has 0 radical (unpaired) electrons. The fraction of sp³-hybridized carbons (Fsp3) is 0.500. The summed E-state index contributed by atoms with van der Waals surface area (Å²) in [5, 5.41) is 0. The quantitative estimate of drug-likeness (QED) is 0.792. The Kier molecular flexibility index (Phi) is 3.64. The van der Waals surface area contributed by atoms with Gasteiger partial charge in [-0.3, -0.25) is 4.79 Å². The molecule has 0 aromatic heterocycles. The zero-order valence-electron chi connectivity index (χ0n) is 12.3. The molecular formula is C18H23NO. The predicted octanol–water partition coefficient (Wildman–Crippen LogP) is 4.07. The van der Waals surface area contributed by atoms with E-state index in [1.807, 2.05) is 13.0 Å². The van der Waals surface area contributed by atoms with E-state index in [9.17, 15) is 4.79 Å². The highest BCUT2D eigenvalue weighted by Gasteiger charge is 2.42. The van der Waals surface area contributed by atoms with Crippen LogP contribution in [0.1, 0.15) is 51.0 Å². The molecule has 0 saturated heterocycles. The summed E-state index contributed by atoms with van der Waals surface area (Å²) < 4.78 is 0. The number of amides is 1. The normalized spacial score (nSPS) is 21.9. The highest BCUT2D eigenvalue weighted by Crippen LogP contribution is 2.41. The van der Waals surface area contributed by atoms with Gasteiger partial charge in [0.25, 0.3) is 0 Å². The summed E-state index contributed by atoms with van der Waals surface area (Å²) in [7, 11) is 0. The van der Waals surface area contributed by atoms with E-state index in [0.717, 1.165) is 31.4 Å². The van der Waals surface area contributed by atoms with E-state index in [2.05, 4.69) is 35.2 Å². The lowest BCUT2D eigenvalue weighted by Gasteiger charge is -2.48. The van der Waals surface area contributed by atoms with Crippen molar-refractivity contribution in [1.29, 1.82) is 0 Å². The third kappa shape index (κ3) is 2.39. The van der Waals surface area contributed by atoms with Gasteiger partial charge in [-0.1, -0.05) is 55.7 Å². The van der Waals surface area contributed by atoms with Crippen molar-refractivity contribution in [3.05, 3.63) is 47.5 Å². The van der Waals surface area contributed by atoms with Crippen molar-refractivity contribution in [3.8, 4) is 0 Å². The molecule has 2 heteroatoms. The first-order valence-electron chi connectivity index (χ1n) is 7.74. The van der Waals surface area contributed by atoms with Gasteiger partial charge in [0.15, 0.2) is 0 Å². The Labute approximate surface area is 121 Å². The van der Waals surface area contributed by atoms with E-state index in [4.69, 9.17) is 0 Å². The maximum absolute atomic E-state index is 12.7. The van der Waals surface area contributed by atoms with E-state index >= 15 is 0 Å². The van der Waals surface area contributed by atoms with Crippen molar-refractivity contribution in [1.82, 2.24) is 4.90 Å². The molecule has 0 bridgehead atoms. The molecule has 106 valence electrons. The van der Waals surface area contributed by atoms with Crippen molar-refractivity contribution >= 4 is 5.91 Å². The minimum atomic E-state index is 0.0880. The standard InChI is InChI=1S/C18H23NO/c1-15-10-13-18(11-6-3-7-12-18)19(17(15)20)14-16-8-4-2-5-9-16/h2,4-5,8-10H,3,6-7,11-14H2,1H3. The Morgan fingerprint density at radius 2 is 1.80 bits per heavy atom. The summed E-state index contributed by atoms with van der Waals surface area (Å²) in [6.45, 7) is 2.71. The molecule has 1 fully saturated rings. The van der Waals surface area contributed by atoms with Gasteiger partial charge in [0.2, 0.25) is 5.91 Å². The van der Waals surface area contributed by atoms with E-state index < -0.39 is 0 Å². The van der Waals surface area contributed by atoms with Crippen LogP contribution in [0.25, 0.3) is 0 Å². The number of hydrogen-bond acceptors (Lipinski definition) is 1. The minimum absolute atomic E-state index is 0.0880. The van der Waals surface area contributed by atoms with Crippen LogP contribution in [0.5, 0.6) is 0 Å². The van der Waals surface area contributed by atoms with Gasteiger partial charge < -0.3 is 4.90 Å². The fourth-order valence-electron chi connectivity index (χ4n) is 3.66. The highest BCUT2D eigenvalue weighted by molar-refractivity contribution is 5.94. The predicted molar refractivity (Wildman–Crippen MR) is 81.2 cm³/mol. The molecule has 2 nitrogen and oxygen atoms in total. The lowest BCUT2D eigenvalue weighted by molar-refractivity contribution is -0.137. The second-order valence-corrected chi connectivity index (χ2v) is 6.25. The van der Waals surface area contributed by atoms with Crippen LogP contribution in [0.4, 0.5) is 0 Å². The Bertz CT molecular complexity index is 511. The molecule has 2 aliphatic rings. The Morgan fingerprint density at radius 1 is 1.10 bits per heavy atom. The van der Waals surface area contributed by atoms with Crippen molar-refractivity contribution in [2.45, 2.75) is 57.5 Å². The van der Waals surface area contributed by atoms with Gasteiger partial charge in [-0.15, -0.1) is 0 Å².